The number of pyridine rings is 1. The summed E-state index contributed by atoms with van der Waals surface area (Å²) in [6.45, 7) is 0.870. The van der Waals surface area contributed by atoms with Gasteiger partial charge >= 0.3 is 0 Å². The van der Waals surface area contributed by atoms with Crippen LogP contribution in [0.3, 0.4) is 0 Å². The molecule has 102 valence electrons. The third-order valence-corrected chi connectivity index (χ3v) is 4.34. The topological polar surface area (TPSA) is 29.0 Å². The fourth-order valence-electron chi connectivity index (χ4n) is 2.09. The number of hydrogen-bond donors (Lipinski definition) is 0. The summed E-state index contributed by atoms with van der Waals surface area (Å²) in [5.74, 6) is 0.894. The molecule has 0 saturated heterocycles. The first-order valence-corrected chi connectivity index (χ1v) is 7.64. The van der Waals surface area contributed by atoms with E-state index in [9.17, 15) is 0 Å². The third kappa shape index (κ3) is 2.76. The zero-order valence-electron chi connectivity index (χ0n) is 11.1. The van der Waals surface area contributed by atoms with Crippen molar-refractivity contribution in [2.75, 3.05) is 18.5 Å². The smallest absolute Gasteiger partial charge is 0.139 e. The lowest BCUT2D eigenvalue weighted by Crippen LogP contribution is -2.21. The summed E-state index contributed by atoms with van der Waals surface area (Å²) in [5.41, 5.74) is 0. The van der Waals surface area contributed by atoms with Crippen molar-refractivity contribution in [3.63, 3.8) is 0 Å². The molecule has 3 nitrogen and oxygen atoms in total. The van der Waals surface area contributed by atoms with Gasteiger partial charge in [0, 0.05) is 37.0 Å². The maximum absolute atomic E-state index is 6.26. The van der Waals surface area contributed by atoms with E-state index in [0.29, 0.717) is 5.15 Å². The molecule has 0 N–H and O–H groups in total. The van der Waals surface area contributed by atoms with Gasteiger partial charge in [-0.05, 0) is 11.5 Å². The molecule has 0 spiro atoms. The first-order valence-electron chi connectivity index (χ1n) is 6.39. The highest BCUT2D eigenvalue weighted by Gasteiger charge is 2.08. The second-order valence-electron chi connectivity index (χ2n) is 4.59. The maximum atomic E-state index is 6.26. The van der Waals surface area contributed by atoms with Gasteiger partial charge in [0.1, 0.15) is 11.0 Å². The number of aromatic nitrogens is 2. The molecule has 0 fully saturated rings. The second-order valence-corrected chi connectivity index (χ2v) is 5.93. The monoisotopic (exact) mass is 303 g/mol. The predicted molar refractivity (Wildman–Crippen MR) is 85.8 cm³/mol. The number of thiazole rings is 1. The van der Waals surface area contributed by atoms with Gasteiger partial charge in [-0.3, -0.25) is 0 Å². The number of hydrogen-bond acceptors (Lipinski definition) is 4. The van der Waals surface area contributed by atoms with Crippen LogP contribution in [-0.4, -0.2) is 23.6 Å². The van der Waals surface area contributed by atoms with Gasteiger partial charge < -0.3 is 4.90 Å². The van der Waals surface area contributed by atoms with Crippen LogP contribution in [-0.2, 0) is 6.42 Å². The van der Waals surface area contributed by atoms with Crippen molar-refractivity contribution in [3.05, 3.63) is 52.1 Å². The molecule has 0 aliphatic rings. The Morgan fingerprint density at radius 1 is 1.30 bits per heavy atom. The molecule has 20 heavy (non-hydrogen) atoms. The first kappa shape index (κ1) is 13.3. The molecule has 2 aromatic heterocycles. The number of likely N-dealkylation sites (N-methyl/N-ethyl adjacent to an activating group) is 1. The van der Waals surface area contributed by atoms with Crippen molar-refractivity contribution in [3.8, 4) is 0 Å². The largest absolute Gasteiger partial charge is 0.359 e. The van der Waals surface area contributed by atoms with Crippen molar-refractivity contribution in [1.82, 2.24) is 9.97 Å². The Balaban J connectivity index is 1.82. The van der Waals surface area contributed by atoms with Crippen molar-refractivity contribution < 1.29 is 0 Å². The van der Waals surface area contributed by atoms with Crippen LogP contribution in [0.1, 0.15) is 5.01 Å². The SMILES string of the molecule is CN(CCc1nccs1)c1cc2ccccc2c(Cl)n1. The van der Waals surface area contributed by atoms with E-state index in [-0.39, 0.29) is 0 Å². The van der Waals surface area contributed by atoms with Crippen molar-refractivity contribution in [2.45, 2.75) is 6.42 Å². The number of benzene rings is 1. The Hall–Kier alpha value is -1.65. The summed E-state index contributed by atoms with van der Waals surface area (Å²) < 4.78 is 0. The maximum Gasteiger partial charge on any atom is 0.139 e. The summed E-state index contributed by atoms with van der Waals surface area (Å²) in [6, 6.07) is 10.1. The van der Waals surface area contributed by atoms with E-state index < -0.39 is 0 Å². The van der Waals surface area contributed by atoms with Crippen molar-refractivity contribution in [2.24, 2.45) is 0 Å². The number of anilines is 1. The lowest BCUT2D eigenvalue weighted by molar-refractivity contribution is 0.855. The molecule has 2 heterocycles. The molecule has 0 atom stereocenters. The van der Waals surface area contributed by atoms with Gasteiger partial charge in [-0.2, -0.15) is 0 Å². The fourth-order valence-corrected chi connectivity index (χ4v) is 2.96. The molecule has 1 aromatic carbocycles. The average Bonchev–Trinajstić information content (AvgIpc) is 2.98. The summed E-state index contributed by atoms with van der Waals surface area (Å²) >= 11 is 7.94. The van der Waals surface area contributed by atoms with Gasteiger partial charge in [0.15, 0.2) is 0 Å². The normalized spacial score (nSPS) is 10.9. The van der Waals surface area contributed by atoms with Crippen LogP contribution >= 0.6 is 22.9 Å². The standard InChI is InChI=1S/C15H14ClN3S/c1-19(8-6-14-17-7-9-20-14)13-10-11-4-2-3-5-12(11)15(16)18-13/h2-5,7,9-10H,6,8H2,1H3. The predicted octanol–water partition coefficient (Wildman–Crippen LogP) is 4.02. The minimum absolute atomic E-state index is 0.555. The third-order valence-electron chi connectivity index (χ3n) is 3.22. The summed E-state index contributed by atoms with van der Waals surface area (Å²) in [5, 5.41) is 5.80. The van der Waals surface area contributed by atoms with E-state index in [1.807, 2.05) is 36.8 Å². The summed E-state index contributed by atoms with van der Waals surface area (Å²) in [4.78, 5) is 10.9. The Morgan fingerprint density at radius 3 is 2.95 bits per heavy atom. The quantitative estimate of drug-likeness (QED) is 0.682. The van der Waals surface area contributed by atoms with E-state index >= 15 is 0 Å². The summed E-state index contributed by atoms with van der Waals surface area (Å²) in [6.07, 6.45) is 2.76. The molecular weight excluding hydrogens is 290 g/mol. The van der Waals surface area contributed by atoms with E-state index in [4.69, 9.17) is 11.6 Å². The van der Waals surface area contributed by atoms with E-state index in [0.717, 1.165) is 34.6 Å². The molecule has 0 radical (unpaired) electrons. The molecule has 0 unspecified atom stereocenters. The van der Waals surface area contributed by atoms with Crippen molar-refractivity contribution >= 4 is 39.5 Å². The minimum atomic E-state index is 0.555. The van der Waals surface area contributed by atoms with Crippen LogP contribution in [0.2, 0.25) is 5.15 Å². The molecule has 0 aliphatic carbocycles. The van der Waals surface area contributed by atoms with Crippen LogP contribution in [0.15, 0.2) is 41.9 Å². The van der Waals surface area contributed by atoms with Crippen LogP contribution < -0.4 is 4.90 Å². The van der Waals surface area contributed by atoms with E-state index in [2.05, 4.69) is 27.0 Å². The Labute approximate surface area is 126 Å². The van der Waals surface area contributed by atoms with Crippen LogP contribution in [0, 0.1) is 0 Å². The zero-order chi connectivity index (χ0) is 13.9. The number of nitrogens with zero attached hydrogens (tertiary/aromatic N) is 3. The van der Waals surface area contributed by atoms with Gasteiger partial charge in [0.25, 0.3) is 0 Å². The van der Waals surface area contributed by atoms with Gasteiger partial charge in [-0.15, -0.1) is 11.3 Å². The van der Waals surface area contributed by atoms with Crippen LogP contribution in [0.5, 0.6) is 0 Å². The Morgan fingerprint density at radius 2 is 2.15 bits per heavy atom. The average molecular weight is 304 g/mol. The van der Waals surface area contributed by atoms with Crippen molar-refractivity contribution in [1.29, 1.82) is 0 Å². The molecule has 0 amide bonds. The molecule has 0 bridgehead atoms. The highest BCUT2D eigenvalue weighted by atomic mass is 35.5. The van der Waals surface area contributed by atoms with Gasteiger partial charge in [0.2, 0.25) is 0 Å². The Kier molecular flexibility index (Phi) is 3.85. The molecule has 3 rings (SSSR count). The zero-order valence-corrected chi connectivity index (χ0v) is 12.7. The molecule has 0 aliphatic heterocycles. The van der Waals surface area contributed by atoms with Crippen LogP contribution in [0.4, 0.5) is 5.82 Å². The first-order chi connectivity index (χ1) is 9.74. The minimum Gasteiger partial charge on any atom is -0.359 e. The fraction of sp³-hybridized carbons (Fsp3) is 0.200. The summed E-state index contributed by atoms with van der Waals surface area (Å²) in [7, 11) is 2.03. The number of fused-ring (bicyclic) bond motifs is 1. The van der Waals surface area contributed by atoms with E-state index in [1.165, 1.54) is 0 Å². The number of rotatable bonds is 4. The second kappa shape index (κ2) is 5.77. The Bertz CT molecular complexity index is 712. The number of halogens is 1. The van der Waals surface area contributed by atoms with Gasteiger partial charge in [0.05, 0.1) is 5.01 Å². The molecule has 3 aromatic rings. The highest BCUT2D eigenvalue weighted by molar-refractivity contribution is 7.09. The highest BCUT2D eigenvalue weighted by Crippen LogP contribution is 2.25. The van der Waals surface area contributed by atoms with Crippen LogP contribution in [0.25, 0.3) is 10.8 Å². The van der Waals surface area contributed by atoms with E-state index in [1.54, 1.807) is 11.3 Å². The van der Waals surface area contributed by atoms with Gasteiger partial charge in [-0.1, -0.05) is 35.9 Å². The lowest BCUT2D eigenvalue weighted by atomic mass is 10.2. The molecule has 5 heteroatoms. The lowest BCUT2D eigenvalue weighted by Gasteiger charge is -2.18. The molecular formula is C15H14ClN3S. The molecule has 0 saturated carbocycles. The van der Waals surface area contributed by atoms with Gasteiger partial charge in [-0.25, -0.2) is 9.97 Å².